The Morgan fingerprint density at radius 1 is 0.971 bits per heavy atom. The zero-order valence-electron chi connectivity index (χ0n) is 19.5. The third-order valence-corrected chi connectivity index (χ3v) is 7.18. The van der Waals surface area contributed by atoms with E-state index in [1.54, 1.807) is 0 Å². The molecule has 2 unspecified atom stereocenters. The lowest BCUT2D eigenvalue weighted by Crippen LogP contribution is -2.29. The van der Waals surface area contributed by atoms with Gasteiger partial charge in [-0.3, -0.25) is 4.98 Å². The van der Waals surface area contributed by atoms with Gasteiger partial charge < -0.3 is 14.8 Å². The van der Waals surface area contributed by atoms with Crippen LogP contribution in [0.5, 0.6) is 0 Å². The highest BCUT2D eigenvalue weighted by Crippen LogP contribution is 2.42. The minimum atomic E-state index is -0.0492. The van der Waals surface area contributed by atoms with Gasteiger partial charge in [-0.1, -0.05) is 54.1 Å². The van der Waals surface area contributed by atoms with Gasteiger partial charge in [-0.05, 0) is 80.0 Å². The number of benzene rings is 2. The Kier molecular flexibility index (Phi) is 6.15. The van der Waals surface area contributed by atoms with Crippen LogP contribution in [0.25, 0.3) is 5.69 Å². The molecule has 6 heteroatoms. The summed E-state index contributed by atoms with van der Waals surface area (Å²) in [6, 6.07) is 24.8. The molecule has 4 nitrogen and oxygen atoms in total. The Labute approximate surface area is 211 Å². The first-order chi connectivity index (χ1) is 16.4. The van der Waals surface area contributed by atoms with Crippen molar-refractivity contribution in [2.24, 2.45) is 0 Å². The molecular formula is C28H27ClN4S. The fraction of sp³-hybridized carbons (Fsp3) is 0.214. The maximum atomic E-state index is 6.38. The average molecular weight is 487 g/mol. The van der Waals surface area contributed by atoms with Crippen LogP contribution in [0.2, 0.25) is 5.02 Å². The zero-order chi connectivity index (χ0) is 23.8. The monoisotopic (exact) mass is 486 g/mol. The summed E-state index contributed by atoms with van der Waals surface area (Å²) >= 11 is 12.3. The summed E-state index contributed by atoms with van der Waals surface area (Å²) in [6.45, 7) is 7.17. The van der Waals surface area contributed by atoms with Crippen LogP contribution in [0.4, 0.5) is 0 Å². The Morgan fingerprint density at radius 2 is 1.74 bits per heavy atom. The van der Waals surface area contributed by atoms with Crippen molar-refractivity contribution in [2.45, 2.75) is 39.4 Å². The molecule has 0 radical (unpaired) electrons. The second-order valence-electron chi connectivity index (χ2n) is 8.83. The number of nitrogens with one attached hydrogen (secondary N) is 1. The van der Waals surface area contributed by atoms with Crippen LogP contribution in [0.3, 0.4) is 0 Å². The second-order valence-corrected chi connectivity index (χ2v) is 9.66. The van der Waals surface area contributed by atoms with Crippen molar-refractivity contribution in [1.82, 2.24) is 19.8 Å². The maximum absolute atomic E-state index is 6.38. The molecule has 34 heavy (non-hydrogen) atoms. The Morgan fingerprint density at radius 3 is 2.47 bits per heavy atom. The van der Waals surface area contributed by atoms with Crippen molar-refractivity contribution in [3.63, 3.8) is 0 Å². The van der Waals surface area contributed by atoms with E-state index < -0.39 is 0 Å². The van der Waals surface area contributed by atoms with Gasteiger partial charge in [0.25, 0.3) is 0 Å². The van der Waals surface area contributed by atoms with Crippen molar-refractivity contribution in [3.05, 3.63) is 118 Å². The largest absolute Gasteiger partial charge is 0.352 e. The minimum Gasteiger partial charge on any atom is -0.352 e. The highest BCUT2D eigenvalue weighted by Gasteiger charge is 2.41. The van der Waals surface area contributed by atoms with Gasteiger partial charge in [0.1, 0.15) is 0 Å². The van der Waals surface area contributed by atoms with Gasteiger partial charge in [0.15, 0.2) is 5.11 Å². The molecule has 0 spiro atoms. The number of pyridine rings is 1. The molecule has 172 valence electrons. The number of aryl methyl sites for hydroxylation is 2. The molecule has 1 saturated heterocycles. The Hall–Kier alpha value is -3.15. The predicted molar refractivity (Wildman–Crippen MR) is 142 cm³/mol. The summed E-state index contributed by atoms with van der Waals surface area (Å²) in [4.78, 5) is 6.97. The van der Waals surface area contributed by atoms with Crippen LogP contribution in [-0.2, 0) is 6.54 Å². The lowest BCUT2D eigenvalue weighted by Gasteiger charge is -2.28. The quantitative estimate of drug-likeness (QED) is 0.321. The summed E-state index contributed by atoms with van der Waals surface area (Å²) in [5.41, 5.74) is 8.06. The van der Waals surface area contributed by atoms with E-state index in [0.717, 1.165) is 33.8 Å². The predicted octanol–water partition coefficient (Wildman–Crippen LogP) is 6.62. The molecule has 1 N–H and O–H groups in total. The number of halogens is 1. The zero-order valence-corrected chi connectivity index (χ0v) is 21.1. The van der Waals surface area contributed by atoms with Gasteiger partial charge in [0, 0.05) is 34.8 Å². The van der Waals surface area contributed by atoms with Crippen molar-refractivity contribution in [2.75, 3.05) is 0 Å². The molecule has 3 heterocycles. The van der Waals surface area contributed by atoms with E-state index in [4.69, 9.17) is 23.8 Å². The van der Waals surface area contributed by atoms with Gasteiger partial charge in [0.2, 0.25) is 0 Å². The molecule has 0 saturated carbocycles. The van der Waals surface area contributed by atoms with Crippen molar-refractivity contribution in [3.8, 4) is 5.69 Å². The van der Waals surface area contributed by atoms with Crippen LogP contribution in [0.1, 0.15) is 45.9 Å². The van der Waals surface area contributed by atoms with Crippen LogP contribution in [-0.4, -0.2) is 19.6 Å². The highest BCUT2D eigenvalue weighted by atomic mass is 35.5. The Balaban J connectivity index is 1.64. The summed E-state index contributed by atoms with van der Waals surface area (Å²) < 4.78 is 2.30. The fourth-order valence-electron chi connectivity index (χ4n) is 4.98. The maximum Gasteiger partial charge on any atom is 0.170 e. The first-order valence-corrected chi connectivity index (χ1v) is 12.2. The van der Waals surface area contributed by atoms with Crippen molar-refractivity contribution in [1.29, 1.82) is 0 Å². The number of hydrogen-bond donors (Lipinski definition) is 1. The third kappa shape index (κ3) is 4.10. The topological polar surface area (TPSA) is 33.1 Å². The van der Waals surface area contributed by atoms with Crippen LogP contribution < -0.4 is 5.32 Å². The summed E-state index contributed by atoms with van der Waals surface area (Å²) in [7, 11) is 0. The standard InChI is InChI=1S/C28H27ClN4S/c1-18-12-13-22(29)16-25(18)33-19(2)15-23(20(33)3)27-26(24-11-7-8-14-30-24)31-28(34)32(27)17-21-9-5-4-6-10-21/h4-16,26-27H,17H2,1-3H3,(H,31,34). The van der Waals surface area contributed by atoms with Gasteiger partial charge in [-0.2, -0.15) is 0 Å². The number of thiocarbonyl (C=S) groups is 1. The fourth-order valence-corrected chi connectivity index (χ4v) is 5.45. The normalized spacial score (nSPS) is 17.8. The van der Waals surface area contributed by atoms with E-state index in [0.29, 0.717) is 0 Å². The molecule has 1 fully saturated rings. The van der Waals surface area contributed by atoms with Crippen LogP contribution >= 0.6 is 23.8 Å². The van der Waals surface area contributed by atoms with Crippen LogP contribution in [0, 0.1) is 20.8 Å². The number of aromatic nitrogens is 2. The van der Waals surface area contributed by atoms with Crippen molar-refractivity contribution >= 4 is 28.9 Å². The van der Waals surface area contributed by atoms with Gasteiger partial charge >= 0.3 is 0 Å². The summed E-state index contributed by atoms with van der Waals surface area (Å²) in [6.07, 6.45) is 1.84. The molecule has 2 aromatic heterocycles. The van der Waals surface area contributed by atoms with E-state index in [2.05, 4.69) is 83.0 Å². The van der Waals surface area contributed by atoms with Crippen LogP contribution in [0.15, 0.2) is 79.0 Å². The number of rotatable bonds is 5. The molecule has 1 aliphatic heterocycles. The molecular weight excluding hydrogens is 460 g/mol. The van der Waals surface area contributed by atoms with E-state index in [9.17, 15) is 0 Å². The number of nitrogens with zero attached hydrogens (tertiary/aromatic N) is 3. The summed E-state index contributed by atoms with van der Waals surface area (Å²) in [5.74, 6) is 0. The molecule has 2 atom stereocenters. The summed E-state index contributed by atoms with van der Waals surface area (Å²) in [5, 5.41) is 5.05. The van der Waals surface area contributed by atoms with E-state index in [1.165, 1.54) is 22.4 Å². The van der Waals surface area contributed by atoms with E-state index in [1.807, 2.05) is 36.5 Å². The Bertz CT molecular complexity index is 1330. The van der Waals surface area contributed by atoms with E-state index in [-0.39, 0.29) is 12.1 Å². The second kappa shape index (κ2) is 9.24. The first-order valence-electron chi connectivity index (χ1n) is 11.4. The van der Waals surface area contributed by atoms with Gasteiger partial charge in [-0.15, -0.1) is 0 Å². The smallest absolute Gasteiger partial charge is 0.170 e. The van der Waals surface area contributed by atoms with Gasteiger partial charge in [-0.25, -0.2) is 0 Å². The van der Waals surface area contributed by atoms with Gasteiger partial charge in [0.05, 0.1) is 17.8 Å². The molecule has 5 rings (SSSR count). The highest BCUT2D eigenvalue weighted by molar-refractivity contribution is 7.80. The van der Waals surface area contributed by atoms with Crippen molar-refractivity contribution < 1.29 is 0 Å². The minimum absolute atomic E-state index is 0.00189. The molecule has 2 aromatic carbocycles. The molecule has 1 aliphatic rings. The molecule has 0 aliphatic carbocycles. The first kappa shape index (κ1) is 22.6. The lowest BCUT2D eigenvalue weighted by molar-refractivity contribution is 0.310. The van der Waals surface area contributed by atoms with E-state index >= 15 is 0 Å². The lowest BCUT2D eigenvalue weighted by atomic mass is 9.96. The SMILES string of the molecule is Cc1ccc(Cl)cc1-n1c(C)cc(C2C(c3ccccn3)NC(=S)N2Cc2ccccc2)c1C. The average Bonchev–Trinajstić information content (AvgIpc) is 3.31. The molecule has 4 aromatic rings. The molecule has 0 amide bonds. The third-order valence-electron chi connectivity index (χ3n) is 6.59. The molecule has 0 bridgehead atoms. The number of hydrogen-bond acceptors (Lipinski definition) is 2.